The molecule has 4 aliphatic carbocycles. The monoisotopic (exact) mass is 314 g/mol. The van der Waals surface area contributed by atoms with Crippen molar-refractivity contribution in [1.82, 2.24) is 0 Å². The number of Topliss-reactive ketones (excluding diaryl/α,β-unsaturated/α-hetero) is 1. The van der Waals surface area contributed by atoms with Gasteiger partial charge in [-0.1, -0.05) is 18.6 Å². The molecule has 1 fully saturated rings. The van der Waals surface area contributed by atoms with Crippen LogP contribution in [0.5, 0.6) is 0 Å². The summed E-state index contributed by atoms with van der Waals surface area (Å²) < 4.78 is 5.66. The van der Waals surface area contributed by atoms with Crippen LogP contribution in [0.3, 0.4) is 0 Å². The lowest BCUT2D eigenvalue weighted by atomic mass is 9.58. The van der Waals surface area contributed by atoms with E-state index in [0.717, 1.165) is 38.5 Å². The van der Waals surface area contributed by atoms with Crippen molar-refractivity contribution in [1.29, 1.82) is 0 Å². The molecule has 0 saturated heterocycles. The minimum atomic E-state index is -0.147. The van der Waals surface area contributed by atoms with Crippen molar-refractivity contribution in [3.8, 4) is 0 Å². The highest BCUT2D eigenvalue weighted by molar-refractivity contribution is 5.83. The van der Waals surface area contributed by atoms with E-state index >= 15 is 0 Å². The Hall–Kier alpha value is -1.38. The molecule has 4 aliphatic rings. The highest BCUT2D eigenvalue weighted by atomic mass is 16.5. The Balaban J connectivity index is 1.66. The first-order chi connectivity index (χ1) is 11.0. The van der Waals surface area contributed by atoms with Gasteiger partial charge < -0.3 is 4.74 Å². The fourth-order valence-electron chi connectivity index (χ4n) is 5.76. The molecule has 0 amide bonds. The average Bonchev–Trinajstić information content (AvgIpc) is 2.83. The Bertz CT molecular complexity index is 627. The first-order valence-corrected chi connectivity index (χ1v) is 9.09. The predicted molar refractivity (Wildman–Crippen MR) is 87.7 cm³/mol. The number of allylic oxidation sites excluding steroid dienone is 4. The molecule has 0 aliphatic heterocycles. The van der Waals surface area contributed by atoms with Gasteiger partial charge in [-0.05, 0) is 61.5 Å². The van der Waals surface area contributed by atoms with Gasteiger partial charge in [0.15, 0.2) is 0 Å². The van der Waals surface area contributed by atoms with Gasteiger partial charge in [0.25, 0.3) is 0 Å². The Labute approximate surface area is 138 Å². The van der Waals surface area contributed by atoms with Crippen LogP contribution in [-0.2, 0) is 14.3 Å². The Kier molecular flexibility index (Phi) is 3.51. The maximum Gasteiger partial charge on any atom is 0.302 e. The van der Waals surface area contributed by atoms with Crippen molar-refractivity contribution in [3.63, 3.8) is 0 Å². The molecule has 23 heavy (non-hydrogen) atoms. The third-order valence-electron chi connectivity index (χ3n) is 6.87. The quantitative estimate of drug-likeness (QED) is 0.684. The molecule has 124 valence electrons. The molecule has 0 spiro atoms. The maximum atomic E-state index is 11.8. The first kappa shape index (κ1) is 15.2. The van der Waals surface area contributed by atoms with Crippen LogP contribution in [0.15, 0.2) is 22.8 Å². The SMILES string of the molecule is CC(=O)O[C@H]1CC[C@H]2[C@@H]3CCC4=C(CCC(=O)C4)C3=CC[C@]12C. The predicted octanol–water partition coefficient (Wildman–Crippen LogP) is 4.12. The first-order valence-electron chi connectivity index (χ1n) is 9.09. The summed E-state index contributed by atoms with van der Waals surface area (Å²) in [5, 5.41) is 0. The molecule has 0 aromatic carbocycles. The number of hydrogen-bond acceptors (Lipinski definition) is 3. The van der Waals surface area contributed by atoms with Gasteiger partial charge in [0.05, 0.1) is 0 Å². The number of rotatable bonds is 1. The van der Waals surface area contributed by atoms with E-state index in [4.69, 9.17) is 4.74 Å². The summed E-state index contributed by atoms with van der Waals surface area (Å²) in [6.45, 7) is 3.84. The number of carbonyl (C=O) groups excluding carboxylic acids is 2. The Morgan fingerprint density at radius 3 is 2.83 bits per heavy atom. The zero-order valence-corrected chi connectivity index (χ0v) is 14.2. The second-order valence-corrected chi connectivity index (χ2v) is 8.09. The summed E-state index contributed by atoms with van der Waals surface area (Å²) in [5.74, 6) is 1.50. The number of fused-ring (bicyclic) bond motifs is 4. The van der Waals surface area contributed by atoms with Gasteiger partial charge in [-0.25, -0.2) is 0 Å². The lowest BCUT2D eigenvalue weighted by molar-refractivity contribution is -0.152. The smallest absolute Gasteiger partial charge is 0.302 e. The molecule has 4 rings (SSSR count). The topological polar surface area (TPSA) is 43.4 Å². The van der Waals surface area contributed by atoms with Crippen molar-refractivity contribution >= 4 is 11.8 Å². The van der Waals surface area contributed by atoms with Crippen LogP contribution in [0.25, 0.3) is 0 Å². The number of ketones is 1. The normalized spacial score (nSPS) is 39.3. The maximum absolute atomic E-state index is 11.8. The fourth-order valence-corrected chi connectivity index (χ4v) is 5.76. The van der Waals surface area contributed by atoms with Gasteiger partial charge in [-0.2, -0.15) is 0 Å². The van der Waals surface area contributed by atoms with Gasteiger partial charge in [0.2, 0.25) is 0 Å². The van der Waals surface area contributed by atoms with Crippen molar-refractivity contribution < 1.29 is 14.3 Å². The van der Waals surface area contributed by atoms with Crippen LogP contribution in [0.4, 0.5) is 0 Å². The van der Waals surface area contributed by atoms with E-state index in [1.807, 2.05) is 0 Å². The van der Waals surface area contributed by atoms with E-state index in [9.17, 15) is 9.59 Å². The molecular formula is C20H26O3. The molecule has 0 heterocycles. The van der Waals surface area contributed by atoms with Gasteiger partial charge in [0.1, 0.15) is 11.9 Å². The Morgan fingerprint density at radius 1 is 1.22 bits per heavy atom. The van der Waals surface area contributed by atoms with Crippen LogP contribution in [0, 0.1) is 17.3 Å². The van der Waals surface area contributed by atoms with E-state index < -0.39 is 0 Å². The van der Waals surface area contributed by atoms with Gasteiger partial charge in [-0.15, -0.1) is 0 Å². The molecule has 4 atom stereocenters. The van der Waals surface area contributed by atoms with E-state index in [2.05, 4.69) is 13.0 Å². The minimum Gasteiger partial charge on any atom is -0.462 e. The summed E-state index contributed by atoms with van der Waals surface area (Å²) in [4.78, 5) is 23.2. The largest absolute Gasteiger partial charge is 0.462 e. The van der Waals surface area contributed by atoms with Crippen molar-refractivity contribution in [2.24, 2.45) is 17.3 Å². The van der Waals surface area contributed by atoms with Crippen LogP contribution in [0.1, 0.15) is 65.2 Å². The molecule has 1 saturated carbocycles. The number of hydrogen-bond donors (Lipinski definition) is 0. The zero-order valence-electron chi connectivity index (χ0n) is 14.2. The van der Waals surface area contributed by atoms with Crippen LogP contribution >= 0.6 is 0 Å². The Morgan fingerprint density at radius 2 is 2.04 bits per heavy atom. The van der Waals surface area contributed by atoms with E-state index in [1.54, 1.807) is 5.57 Å². The van der Waals surface area contributed by atoms with Crippen LogP contribution in [0.2, 0.25) is 0 Å². The molecule has 0 aromatic rings. The minimum absolute atomic E-state index is 0.0751. The highest BCUT2D eigenvalue weighted by Crippen LogP contribution is 2.59. The van der Waals surface area contributed by atoms with Crippen LogP contribution in [-0.4, -0.2) is 17.9 Å². The zero-order chi connectivity index (χ0) is 16.2. The lowest BCUT2D eigenvalue weighted by Gasteiger charge is -2.47. The molecule has 0 bridgehead atoms. The average molecular weight is 314 g/mol. The van der Waals surface area contributed by atoms with Gasteiger partial charge in [0, 0.05) is 25.2 Å². The van der Waals surface area contributed by atoms with Gasteiger partial charge >= 0.3 is 5.97 Å². The molecule has 0 unspecified atom stereocenters. The molecule has 3 heteroatoms. The number of ether oxygens (including phenoxy) is 1. The molecule has 0 aromatic heterocycles. The van der Waals surface area contributed by atoms with Crippen molar-refractivity contribution in [2.45, 2.75) is 71.3 Å². The lowest BCUT2D eigenvalue weighted by Crippen LogP contribution is -2.42. The number of esters is 1. The third-order valence-corrected chi connectivity index (χ3v) is 6.87. The van der Waals surface area contributed by atoms with E-state index in [1.165, 1.54) is 24.5 Å². The van der Waals surface area contributed by atoms with Crippen molar-refractivity contribution in [2.75, 3.05) is 0 Å². The number of carbonyl (C=O) groups is 2. The molecule has 0 N–H and O–H groups in total. The van der Waals surface area contributed by atoms with E-state index in [0.29, 0.717) is 24.0 Å². The second-order valence-electron chi connectivity index (χ2n) is 8.09. The van der Waals surface area contributed by atoms with Crippen LogP contribution < -0.4 is 0 Å². The van der Waals surface area contributed by atoms with E-state index in [-0.39, 0.29) is 17.5 Å². The summed E-state index contributed by atoms with van der Waals surface area (Å²) in [7, 11) is 0. The fraction of sp³-hybridized carbons (Fsp3) is 0.700. The van der Waals surface area contributed by atoms with Crippen molar-refractivity contribution in [3.05, 3.63) is 22.8 Å². The molecule has 3 nitrogen and oxygen atoms in total. The van der Waals surface area contributed by atoms with Gasteiger partial charge in [-0.3, -0.25) is 9.59 Å². The highest BCUT2D eigenvalue weighted by Gasteiger charge is 2.54. The second kappa shape index (κ2) is 5.32. The summed E-state index contributed by atoms with van der Waals surface area (Å²) in [5.41, 5.74) is 4.58. The molecular weight excluding hydrogens is 288 g/mol. The third kappa shape index (κ3) is 2.31. The summed E-state index contributed by atoms with van der Waals surface area (Å²) in [6, 6.07) is 0. The standard InChI is InChI=1S/C20H26O3/c1-12(21)23-19-8-7-18-17-5-3-13-11-14(22)4-6-15(13)16(17)9-10-20(18,19)2/h9,17-19H,3-8,10-11H2,1-2H3/t17-,18+,19+,20+/m1/s1. The summed E-state index contributed by atoms with van der Waals surface area (Å²) in [6.07, 6.45) is 10.3. The summed E-state index contributed by atoms with van der Waals surface area (Å²) >= 11 is 0. The molecule has 0 radical (unpaired) electrons.